The van der Waals surface area contributed by atoms with Crippen LogP contribution in [0.4, 0.5) is 0 Å². The molecule has 1 rings (SSSR count). The summed E-state index contributed by atoms with van der Waals surface area (Å²) >= 11 is 0. The Morgan fingerprint density at radius 3 is 2.27 bits per heavy atom. The van der Waals surface area contributed by atoms with E-state index in [1.807, 2.05) is 13.8 Å². The third-order valence-electron chi connectivity index (χ3n) is 2.85. The van der Waals surface area contributed by atoms with E-state index in [1.54, 1.807) is 6.08 Å². The van der Waals surface area contributed by atoms with E-state index in [9.17, 15) is 4.79 Å². The summed E-state index contributed by atoms with van der Waals surface area (Å²) in [6.45, 7) is 8.20. The van der Waals surface area contributed by atoms with Gasteiger partial charge >= 0.3 is 0 Å². The average Bonchev–Trinajstić information content (AvgIpc) is 2.10. The molecular formula is C12H22N2O. The van der Waals surface area contributed by atoms with Gasteiger partial charge in [0.15, 0.2) is 0 Å². The molecule has 0 aromatic carbocycles. The zero-order valence-corrected chi connectivity index (χ0v) is 10.2. The summed E-state index contributed by atoms with van der Waals surface area (Å²) in [5.41, 5.74) is 4.00. The number of carbonyl (C=O) groups excluding carboxylic acids is 1. The van der Waals surface area contributed by atoms with Crippen LogP contribution in [0.25, 0.3) is 0 Å². The van der Waals surface area contributed by atoms with Crippen LogP contribution in [-0.4, -0.2) is 23.0 Å². The molecule has 3 heteroatoms. The molecule has 1 aliphatic heterocycles. The van der Waals surface area contributed by atoms with Gasteiger partial charge in [0, 0.05) is 18.2 Å². The van der Waals surface area contributed by atoms with E-state index in [1.165, 1.54) is 19.3 Å². The van der Waals surface area contributed by atoms with Crippen LogP contribution in [-0.2, 0) is 4.79 Å². The van der Waals surface area contributed by atoms with Gasteiger partial charge in [-0.25, -0.2) is 5.01 Å². The number of allylic oxidation sites excluding steroid dienone is 1. The highest BCUT2D eigenvalue weighted by atomic mass is 16.2. The number of rotatable bonds is 2. The number of nitrogens with one attached hydrogen (secondary N) is 1. The fourth-order valence-corrected chi connectivity index (χ4v) is 2.06. The first-order valence-electron chi connectivity index (χ1n) is 5.74. The van der Waals surface area contributed by atoms with Crippen LogP contribution in [0.2, 0.25) is 0 Å². The lowest BCUT2D eigenvalue weighted by Gasteiger charge is -2.38. The van der Waals surface area contributed by atoms with E-state index < -0.39 is 0 Å². The standard InChI is InChI=1S/C12H22N2O/c1-9(2)8-12(15)13-14-10(3)6-5-7-11(14)4/h8,10-11H,5-7H2,1-4H3,(H,13,15). The van der Waals surface area contributed by atoms with E-state index in [0.29, 0.717) is 12.1 Å². The molecule has 1 fully saturated rings. The SMILES string of the molecule is CC(C)=CC(=O)NN1C(C)CCCC1C. The van der Waals surface area contributed by atoms with Gasteiger partial charge in [-0.2, -0.15) is 0 Å². The second kappa shape index (κ2) is 5.31. The zero-order valence-electron chi connectivity index (χ0n) is 10.2. The second-order valence-electron chi connectivity index (χ2n) is 4.73. The minimum Gasteiger partial charge on any atom is -0.285 e. The average molecular weight is 210 g/mol. The van der Waals surface area contributed by atoms with Gasteiger partial charge in [0.2, 0.25) is 0 Å². The molecule has 2 atom stereocenters. The lowest BCUT2D eigenvalue weighted by atomic mass is 10.00. The van der Waals surface area contributed by atoms with Crippen LogP contribution in [0, 0.1) is 0 Å². The molecule has 0 aromatic heterocycles. The Morgan fingerprint density at radius 2 is 1.80 bits per heavy atom. The van der Waals surface area contributed by atoms with Gasteiger partial charge in [-0.1, -0.05) is 12.0 Å². The predicted molar refractivity (Wildman–Crippen MR) is 62.2 cm³/mol. The molecule has 2 unspecified atom stereocenters. The van der Waals surface area contributed by atoms with Gasteiger partial charge < -0.3 is 0 Å². The van der Waals surface area contributed by atoms with Crippen molar-refractivity contribution in [1.29, 1.82) is 0 Å². The van der Waals surface area contributed by atoms with E-state index in [2.05, 4.69) is 24.3 Å². The first-order chi connectivity index (χ1) is 7.00. The monoisotopic (exact) mass is 210 g/mol. The Kier molecular flexibility index (Phi) is 4.33. The molecule has 0 aromatic rings. The molecule has 86 valence electrons. The third kappa shape index (κ3) is 3.67. The summed E-state index contributed by atoms with van der Waals surface area (Å²) in [5.74, 6) is -0.00407. The molecule has 15 heavy (non-hydrogen) atoms. The Labute approximate surface area is 92.5 Å². The van der Waals surface area contributed by atoms with E-state index in [0.717, 1.165) is 5.57 Å². The van der Waals surface area contributed by atoms with Gasteiger partial charge in [0.05, 0.1) is 0 Å². The summed E-state index contributed by atoms with van der Waals surface area (Å²) in [6.07, 6.45) is 5.24. The summed E-state index contributed by atoms with van der Waals surface area (Å²) < 4.78 is 0. The molecule has 0 saturated carbocycles. The highest BCUT2D eigenvalue weighted by molar-refractivity contribution is 5.87. The molecule has 1 aliphatic rings. The zero-order chi connectivity index (χ0) is 11.4. The maximum atomic E-state index is 11.6. The normalized spacial score (nSPS) is 27.2. The number of hydrogen-bond acceptors (Lipinski definition) is 2. The Bertz CT molecular complexity index is 246. The molecular weight excluding hydrogens is 188 g/mol. The highest BCUT2D eigenvalue weighted by Crippen LogP contribution is 2.20. The van der Waals surface area contributed by atoms with Crippen LogP contribution in [0.1, 0.15) is 47.0 Å². The van der Waals surface area contributed by atoms with Crippen LogP contribution in [0.5, 0.6) is 0 Å². The van der Waals surface area contributed by atoms with Crippen molar-refractivity contribution >= 4 is 5.91 Å². The molecule has 0 bridgehead atoms. The largest absolute Gasteiger partial charge is 0.285 e. The summed E-state index contributed by atoms with van der Waals surface area (Å²) in [7, 11) is 0. The van der Waals surface area contributed by atoms with E-state index in [-0.39, 0.29) is 5.91 Å². The lowest BCUT2D eigenvalue weighted by molar-refractivity contribution is -0.124. The van der Waals surface area contributed by atoms with Gasteiger partial charge in [-0.05, 0) is 40.5 Å². The molecule has 1 heterocycles. The number of hydrogen-bond donors (Lipinski definition) is 1. The van der Waals surface area contributed by atoms with Crippen molar-refractivity contribution < 1.29 is 4.79 Å². The number of amides is 1. The third-order valence-corrected chi connectivity index (χ3v) is 2.85. The maximum Gasteiger partial charge on any atom is 0.258 e. The Hall–Kier alpha value is -0.830. The van der Waals surface area contributed by atoms with Crippen LogP contribution < -0.4 is 5.43 Å². The quantitative estimate of drug-likeness (QED) is 0.709. The number of piperidine rings is 1. The van der Waals surface area contributed by atoms with Gasteiger partial charge in [0.25, 0.3) is 5.91 Å². The van der Waals surface area contributed by atoms with Crippen molar-refractivity contribution in [2.75, 3.05) is 0 Å². The van der Waals surface area contributed by atoms with Gasteiger partial charge in [-0.3, -0.25) is 10.2 Å². The van der Waals surface area contributed by atoms with Crippen LogP contribution in [0.3, 0.4) is 0 Å². The maximum absolute atomic E-state index is 11.6. The minimum atomic E-state index is -0.00407. The van der Waals surface area contributed by atoms with Crippen molar-refractivity contribution in [3.05, 3.63) is 11.6 Å². The number of carbonyl (C=O) groups is 1. The second-order valence-corrected chi connectivity index (χ2v) is 4.73. The first kappa shape index (κ1) is 12.2. The summed E-state index contributed by atoms with van der Waals surface area (Å²) in [5, 5.41) is 2.09. The molecule has 0 radical (unpaired) electrons. The lowest BCUT2D eigenvalue weighted by Crippen LogP contribution is -2.53. The highest BCUT2D eigenvalue weighted by Gasteiger charge is 2.25. The smallest absolute Gasteiger partial charge is 0.258 e. The van der Waals surface area contributed by atoms with Crippen molar-refractivity contribution in [2.24, 2.45) is 0 Å². The van der Waals surface area contributed by atoms with Crippen molar-refractivity contribution in [3.63, 3.8) is 0 Å². The van der Waals surface area contributed by atoms with Gasteiger partial charge in [0.1, 0.15) is 0 Å². The Balaban J connectivity index is 2.55. The van der Waals surface area contributed by atoms with Crippen molar-refractivity contribution in [3.8, 4) is 0 Å². The van der Waals surface area contributed by atoms with Gasteiger partial charge in [-0.15, -0.1) is 0 Å². The fourth-order valence-electron chi connectivity index (χ4n) is 2.06. The Morgan fingerprint density at radius 1 is 1.27 bits per heavy atom. The molecule has 1 N–H and O–H groups in total. The molecule has 0 aliphatic carbocycles. The fraction of sp³-hybridized carbons (Fsp3) is 0.750. The topological polar surface area (TPSA) is 32.3 Å². The van der Waals surface area contributed by atoms with E-state index >= 15 is 0 Å². The van der Waals surface area contributed by atoms with Crippen molar-refractivity contribution in [2.45, 2.75) is 59.0 Å². The molecule has 1 amide bonds. The van der Waals surface area contributed by atoms with Crippen LogP contribution in [0.15, 0.2) is 11.6 Å². The molecule has 0 spiro atoms. The number of hydrazine groups is 1. The summed E-state index contributed by atoms with van der Waals surface area (Å²) in [6, 6.07) is 0.895. The van der Waals surface area contributed by atoms with Crippen LogP contribution >= 0.6 is 0 Å². The number of nitrogens with zero attached hydrogens (tertiary/aromatic N) is 1. The minimum absolute atomic E-state index is 0.00407. The van der Waals surface area contributed by atoms with E-state index in [4.69, 9.17) is 0 Å². The first-order valence-corrected chi connectivity index (χ1v) is 5.74. The summed E-state index contributed by atoms with van der Waals surface area (Å²) in [4.78, 5) is 11.6. The molecule has 1 saturated heterocycles. The predicted octanol–water partition coefficient (Wildman–Crippen LogP) is 2.25. The molecule has 3 nitrogen and oxygen atoms in total. The van der Waals surface area contributed by atoms with Crippen molar-refractivity contribution in [1.82, 2.24) is 10.4 Å².